The van der Waals surface area contributed by atoms with Crippen LogP contribution in [0.5, 0.6) is 0 Å². The number of amides is 3. The van der Waals surface area contributed by atoms with Crippen LogP contribution in [-0.4, -0.2) is 41.2 Å². The Balaban J connectivity index is 1.44. The number of anilines is 1. The normalized spacial score (nSPS) is 15.9. The standard InChI is InChI=1S/C30H33N3O3/c1-3-25(29(35)31-23-14-6-7-15-23)32(18-22-11-5-4-10-20(22)2)27(34)19-33-26-17-9-13-21-12-8-16-24(28(21)26)30(33)36/h4-5,8-13,16-17,23,25H,3,6-7,14-15,18-19H2,1-2H3,(H,31,35)/t25-/m1/s1. The fourth-order valence-electron chi connectivity index (χ4n) is 5.62. The molecule has 0 aromatic heterocycles. The molecular formula is C30H33N3O3. The van der Waals surface area contributed by atoms with E-state index in [1.165, 1.54) is 0 Å². The molecular weight excluding hydrogens is 450 g/mol. The van der Waals surface area contributed by atoms with Crippen molar-refractivity contribution in [1.29, 1.82) is 0 Å². The maximum absolute atomic E-state index is 13.9. The minimum atomic E-state index is -0.603. The summed E-state index contributed by atoms with van der Waals surface area (Å²) in [5, 5.41) is 5.05. The number of benzene rings is 3. The first-order chi connectivity index (χ1) is 17.5. The number of nitrogens with zero attached hydrogens (tertiary/aromatic N) is 2. The van der Waals surface area contributed by atoms with Gasteiger partial charge in [-0.15, -0.1) is 0 Å². The van der Waals surface area contributed by atoms with E-state index in [9.17, 15) is 14.4 Å². The molecule has 0 unspecified atom stereocenters. The molecule has 3 aromatic carbocycles. The van der Waals surface area contributed by atoms with E-state index in [0.717, 1.165) is 53.3 Å². The molecule has 1 heterocycles. The lowest BCUT2D eigenvalue weighted by molar-refractivity contribution is -0.140. The number of aryl methyl sites for hydroxylation is 1. The van der Waals surface area contributed by atoms with Crippen LogP contribution >= 0.6 is 0 Å². The number of carbonyl (C=O) groups excluding carboxylic acids is 3. The van der Waals surface area contributed by atoms with E-state index in [1.807, 2.05) is 74.5 Å². The quantitative estimate of drug-likeness (QED) is 0.492. The van der Waals surface area contributed by atoms with Gasteiger partial charge in [0, 0.05) is 23.5 Å². The van der Waals surface area contributed by atoms with Gasteiger partial charge in [-0.3, -0.25) is 19.3 Å². The van der Waals surface area contributed by atoms with Gasteiger partial charge < -0.3 is 10.2 Å². The largest absolute Gasteiger partial charge is 0.352 e. The van der Waals surface area contributed by atoms with Gasteiger partial charge in [0.25, 0.3) is 5.91 Å². The summed E-state index contributed by atoms with van der Waals surface area (Å²) in [5.74, 6) is -0.510. The predicted octanol–water partition coefficient (Wildman–Crippen LogP) is 4.97. The van der Waals surface area contributed by atoms with Crippen molar-refractivity contribution >= 4 is 34.2 Å². The summed E-state index contributed by atoms with van der Waals surface area (Å²) in [6.07, 6.45) is 4.71. The van der Waals surface area contributed by atoms with Crippen LogP contribution in [0.2, 0.25) is 0 Å². The zero-order valence-corrected chi connectivity index (χ0v) is 21.0. The molecule has 1 atom stereocenters. The van der Waals surface area contributed by atoms with Crippen molar-refractivity contribution in [3.8, 4) is 0 Å². The molecule has 1 N–H and O–H groups in total. The Hall–Kier alpha value is -3.67. The first-order valence-electron chi connectivity index (χ1n) is 13.0. The number of hydrogen-bond acceptors (Lipinski definition) is 3. The Morgan fingerprint density at radius 1 is 1.03 bits per heavy atom. The summed E-state index contributed by atoms with van der Waals surface area (Å²) in [6.45, 7) is 4.17. The van der Waals surface area contributed by atoms with Crippen LogP contribution in [0.1, 0.15) is 60.5 Å². The number of rotatable bonds is 8. The summed E-state index contributed by atoms with van der Waals surface area (Å²) < 4.78 is 0. The minimum Gasteiger partial charge on any atom is -0.352 e. The zero-order chi connectivity index (χ0) is 25.2. The molecule has 0 radical (unpaired) electrons. The van der Waals surface area contributed by atoms with Crippen LogP contribution in [0, 0.1) is 6.92 Å². The molecule has 36 heavy (non-hydrogen) atoms. The lowest BCUT2D eigenvalue weighted by atomic mass is 10.1. The second-order valence-corrected chi connectivity index (χ2v) is 9.93. The predicted molar refractivity (Wildman–Crippen MR) is 142 cm³/mol. The van der Waals surface area contributed by atoms with Crippen molar-refractivity contribution < 1.29 is 14.4 Å². The Kier molecular flexibility index (Phi) is 6.77. The van der Waals surface area contributed by atoms with Crippen LogP contribution in [-0.2, 0) is 16.1 Å². The van der Waals surface area contributed by atoms with Gasteiger partial charge in [-0.05, 0) is 54.8 Å². The van der Waals surface area contributed by atoms with Crippen LogP contribution in [0.25, 0.3) is 10.8 Å². The third kappa shape index (κ3) is 4.48. The van der Waals surface area contributed by atoms with E-state index in [4.69, 9.17) is 0 Å². The summed E-state index contributed by atoms with van der Waals surface area (Å²) in [4.78, 5) is 43.9. The first kappa shape index (κ1) is 24.0. The van der Waals surface area contributed by atoms with E-state index in [2.05, 4.69) is 5.32 Å². The van der Waals surface area contributed by atoms with Crippen LogP contribution in [0.4, 0.5) is 5.69 Å². The SMILES string of the molecule is CC[C@H](C(=O)NC1CCCC1)N(Cc1ccccc1C)C(=O)CN1C(=O)c2cccc3cccc1c23. The fraction of sp³-hybridized carbons (Fsp3) is 0.367. The van der Waals surface area contributed by atoms with Gasteiger partial charge in [-0.1, -0.05) is 68.3 Å². The summed E-state index contributed by atoms with van der Waals surface area (Å²) in [6, 6.07) is 18.9. The molecule has 1 saturated carbocycles. The highest BCUT2D eigenvalue weighted by molar-refractivity contribution is 6.26. The molecule has 6 heteroatoms. The smallest absolute Gasteiger partial charge is 0.259 e. The van der Waals surface area contributed by atoms with Crippen molar-refractivity contribution in [2.75, 3.05) is 11.4 Å². The van der Waals surface area contributed by atoms with Gasteiger partial charge >= 0.3 is 0 Å². The molecule has 2 aliphatic rings. The van der Waals surface area contributed by atoms with Crippen LogP contribution < -0.4 is 10.2 Å². The van der Waals surface area contributed by atoms with Gasteiger partial charge in [0.15, 0.2) is 0 Å². The van der Waals surface area contributed by atoms with E-state index >= 15 is 0 Å². The van der Waals surface area contributed by atoms with Crippen molar-refractivity contribution in [3.05, 3.63) is 77.4 Å². The minimum absolute atomic E-state index is 0.105. The second kappa shape index (κ2) is 10.1. The van der Waals surface area contributed by atoms with E-state index < -0.39 is 6.04 Å². The third-order valence-corrected chi connectivity index (χ3v) is 7.63. The number of carbonyl (C=O) groups is 3. The molecule has 6 nitrogen and oxygen atoms in total. The van der Waals surface area contributed by atoms with Crippen molar-refractivity contribution in [1.82, 2.24) is 10.2 Å². The number of nitrogens with one attached hydrogen (secondary N) is 1. The summed E-state index contributed by atoms with van der Waals surface area (Å²) >= 11 is 0. The average molecular weight is 484 g/mol. The molecule has 0 saturated heterocycles. The molecule has 0 spiro atoms. The number of hydrogen-bond donors (Lipinski definition) is 1. The molecule has 1 aliphatic heterocycles. The Morgan fingerprint density at radius 3 is 2.47 bits per heavy atom. The highest BCUT2D eigenvalue weighted by atomic mass is 16.2. The molecule has 5 rings (SSSR count). The Labute approximate surface area is 212 Å². The second-order valence-electron chi connectivity index (χ2n) is 9.93. The Bertz CT molecular complexity index is 1310. The Morgan fingerprint density at radius 2 is 1.75 bits per heavy atom. The average Bonchev–Trinajstić information content (AvgIpc) is 3.48. The summed E-state index contributed by atoms with van der Waals surface area (Å²) in [5.41, 5.74) is 3.43. The molecule has 1 fully saturated rings. The third-order valence-electron chi connectivity index (χ3n) is 7.63. The van der Waals surface area contributed by atoms with Gasteiger partial charge in [0.05, 0.1) is 5.69 Å². The highest BCUT2D eigenvalue weighted by Crippen LogP contribution is 2.37. The maximum Gasteiger partial charge on any atom is 0.259 e. The monoisotopic (exact) mass is 483 g/mol. The molecule has 3 aromatic rings. The fourth-order valence-corrected chi connectivity index (χ4v) is 5.62. The van der Waals surface area contributed by atoms with Crippen molar-refractivity contribution in [2.24, 2.45) is 0 Å². The van der Waals surface area contributed by atoms with Crippen molar-refractivity contribution in [2.45, 2.75) is 64.6 Å². The van der Waals surface area contributed by atoms with E-state index in [1.54, 1.807) is 9.80 Å². The summed E-state index contributed by atoms with van der Waals surface area (Å²) in [7, 11) is 0. The zero-order valence-electron chi connectivity index (χ0n) is 21.0. The molecule has 3 amide bonds. The molecule has 1 aliphatic carbocycles. The van der Waals surface area contributed by atoms with Gasteiger partial charge in [-0.25, -0.2) is 0 Å². The van der Waals surface area contributed by atoms with Crippen LogP contribution in [0.15, 0.2) is 60.7 Å². The maximum atomic E-state index is 13.9. The van der Waals surface area contributed by atoms with E-state index in [-0.39, 0.29) is 30.3 Å². The van der Waals surface area contributed by atoms with Gasteiger partial charge in [-0.2, -0.15) is 0 Å². The topological polar surface area (TPSA) is 69.7 Å². The highest BCUT2D eigenvalue weighted by Gasteiger charge is 2.35. The molecule has 186 valence electrons. The van der Waals surface area contributed by atoms with Gasteiger partial charge in [0.1, 0.15) is 12.6 Å². The molecule has 0 bridgehead atoms. The lowest BCUT2D eigenvalue weighted by Crippen LogP contribution is -2.53. The van der Waals surface area contributed by atoms with Crippen LogP contribution in [0.3, 0.4) is 0 Å². The van der Waals surface area contributed by atoms with Crippen molar-refractivity contribution in [3.63, 3.8) is 0 Å². The lowest BCUT2D eigenvalue weighted by Gasteiger charge is -2.33. The van der Waals surface area contributed by atoms with E-state index in [0.29, 0.717) is 18.5 Å². The first-order valence-corrected chi connectivity index (χ1v) is 13.0. The van der Waals surface area contributed by atoms with Gasteiger partial charge in [0.2, 0.25) is 11.8 Å².